The van der Waals surface area contributed by atoms with Crippen LogP contribution in [0.2, 0.25) is 10.0 Å². The topological polar surface area (TPSA) is 45.7 Å². The third-order valence-electron chi connectivity index (χ3n) is 3.14. The quantitative estimate of drug-likeness (QED) is 0.833. The molecule has 0 aliphatic rings. The zero-order valence-corrected chi connectivity index (χ0v) is 13.3. The van der Waals surface area contributed by atoms with Crippen LogP contribution >= 0.6 is 23.2 Å². The van der Waals surface area contributed by atoms with Gasteiger partial charge >= 0.3 is 0 Å². The molecule has 22 heavy (non-hydrogen) atoms. The van der Waals surface area contributed by atoms with Crippen molar-refractivity contribution >= 4 is 29.1 Å². The minimum atomic E-state index is -0.257. The molecule has 3 N–H and O–H groups in total. The molecular weight excluding hydrogens is 326 g/mol. The van der Waals surface area contributed by atoms with Crippen molar-refractivity contribution in [2.24, 2.45) is 0 Å². The number of amides is 1. The van der Waals surface area contributed by atoms with E-state index in [0.717, 1.165) is 5.56 Å². The lowest BCUT2D eigenvalue weighted by Gasteiger charge is -2.07. The van der Waals surface area contributed by atoms with E-state index in [2.05, 4.69) is 5.32 Å². The molecule has 0 atom stereocenters. The summed E-state index contributed by atoms with van der Waals surface area (Å²) in [5.74, 6) is -0.394. The van der Waals surface area contributed by atoms with Crippen molar-refractivity contribution in [2.75, 3.05) is 6.54 Å². The van der Waals surface area contributed by atoms with Gasteiger partial charge in [0.05, 0.1) is 0 Å². The van der Waals surface area contributed by atoms with Crippen LogP contribution in [0.4, 0.5) is 4.39 Å². The second-order valence-electron chi connectivity index (χ2n) is 4.80. The Balaban J connectivity index is 1.75. The van der Waals surface area contributed by atoms with E-state index < -0.39 is 0 Å². The number of carbonyl (C=O) groups excluding carboxylic acids is 1. The van der Waals surface area contributed by atoms with Crippen LogP contribution in [-0.4, -0.2) is 12.5 Å². The summed E-state index contributed by atoms with van der Waals surface area (Å²) in [6, 6.07) is 11.7. The second kappa shape index (κ2) is 8.13. The fourth-order valence-corrected chi connectivity index (χ4v) is 2.43. The number of nitrogens with two attached hydrogens (primary N) is 1. The lowest BCUT2D eigenvalue weighted by atomic mass is 10.2. The van der Waals surface area contributed by atoms with Crippen molar-refractivity contribution in [2.45, 2.75) is 13.1 Å². The third-order valence-corrected chi connectivity index (χ3v) is 3.73. The van der Waals surface area contributed by atoms with Gasteiger partial charge in [0.25, 0.3) is 5.91 Å². The van der Waals surface area contributed by atoms with Gasteiger partial charge in [-0.25, -0.2) is 4.39 Å². The largest absolute Gasteiger partial charge is 0.347 e. The Morgan fingerprint density at radius 3 is 2.64 bits per heavy atom. The standard InChI is InChI=1S/C16H15Cl2FN2O/c17-13-6-5-11(14(18)7-13)9-21-16(22)10-20-8-12-3-1-2-4-15(12)19/h1-7,20H,8-10H2,(H,21,22)/p+1. The van der Waals surface area contributed by atoms with Crippen LogP contribution in [0.25, 0.3) is 0 Å². The van der Waals surface area contributed by atoms with Gasteiger partial charge in [0.15, 0.2) is 6.54 Å². The monoisotopic (exact) mass is 341 g/mol. The summed E-state index contributed by atoms with van der Waals surface area (Å²) >= 11 is 11.8. The molecule has 0 fully saturated rings. The smallest absolute Gasteiger partial charge is 0.275 e. The molecule has 0 heterocycles. The van der Waals surface area contributed by atoms with Gasteiger partial charge in [-0.2, -0.15) is 0 Å². The molecule has 0 spiro atoms. The van der Waals surface area contributed by atoms with Gasteiger partial charge in [-0.3, -0.25) is 4.79 Å². The zero-order valence-electron chi connectivity index (χ0n) is 11.8. The van der Waals surface area contributed by atoms with Crippen molar-refractivity contribution < 1.29 is 14.5 Å². The average molecular weight is 342 g/mol. The number of hydrogen-bond donors (Lipinski definition) is 2. The number of carbonyl (C=O) groups is 1. The summed E-state index contributed by atoms with van der Waals surface area (Å²) < 4.78 is 13.4. The summed E-state index contributed by atoms with van der Waals surface area (Å²) in [6.45, 7) is 0.976. The molecule has 0 unspecified atom stereocenters. The number of benzene rings is 2. The van der Waals surface area contributed by atoms with Crippen molar-refractivity contribution in [3.63, 3.8) is 0 Å². The molecular formula is C16H16Cl2FN2O+. The van der Waals surface area contributed by atoms with E-state index in [0.29, 0.717) is 28.7 Å². The maximum absolute atomic E-state index is 13.4. The molecule has 1 amide bonds. The van der Waals surface area contributed by atoms with Crippen molar-refractivity contribution in [1.29, 1.82) is 0 Å². The Kier molecular flexibility index (Phi) is 6.19. The molecule has 116 valence electrons. The number of halogens is 3. The number of quaternary nitrogens is 1. The SMILES string of the molecule is O=C(C[NH2+]Cc1ccccc1F)NCc1ccc(Cl)cc1Cl. The normalized spacial score (nSPS) is 10.5. The molecule has 3 nitrogen and oxygen atoms in total. The maximum Gasteiger partial charge on any atom is 0.275 e. The lowest BCUT2D eigenvalue weighted by Crippen LogP contribution is -2.85. The summed E-state index contributed by atoms with van der Waals surface area (Å²) in [5, 5.41) is 5.59. The van der Waals surface area contributed by atoms with E-state index in [1.165, 1.54) is 6.07 Å². The van der Waals surface area contributed by atoms with Crippen LogP contribution in [0.5, 0.6) is 0 Å². The molecule has 2 aromatic carbocycles. The Hall–Kier alpha value is -1.62. The molecule has 0 radical (unpaired) electrons. The Labute approximate surface area is 138 Å². The number of rotatable bonds is 6. The van der Waals surface area contributed by atoms with Crippen molar-refractivity contribution in [3.8, 4) is 0 Å². The van der Waals surface area contributed by atoms with Crippen LogP contribution < -0.4 is 10.6 Å². The predicted molar refractivity (Wildman–Crippen MR) is 85.2 cm³/mol. The first kappa shape index (κ1) is 16.7. The maximum atomic E-state index is 13.4. The Bertz CT molecular complexity index is 664. The van der Waals surface area contributed by atoms with Crippen molar-refractivity contribution in [1.82, 2.24) is 5.32 Å². The molecule has 2 aromatic rings. The molecule has 0 saturated carbocycles. The molecule has 6 heteroatoms. The molecule has 0 saturated heterocycles. The van der Waals surface area contributed by atoms with Gasteiger partial charge in [-0.05, 0) is 23.8 Å². The Morgan fingerprint density at radius 1 is 1.14 bits per heavy atom. The van der Waals surface area contributed by atoms with Gasteiger partial charge < -0.3 is 10.6 Å². The van der Waals surface area contributed by atoms with Crippen LogP contribution in [0.1, 0.15) is 11.1 Å². The minimum Gasteiger partial charge on any atom is -0.347 e. The molecule has 0 bridgehead atoms. The van der Waals surface area contributed by atoms with Crippen LogP contribution in [-0.2, 0) is 17.9 Å². The van der Waals surface area contributed by atoms with Gasteiger partial charge in [0.1, 0.15) is 12.4 Å². The van der Waals surface area contributed by atoms with Crippen molar-refractivity contribution in [3.05, 3.63) is 69.5 Å². The number of nitrogens with one attached hydrogen (secondary N) is 1. The van der Waals surface area contributed by atoms with E-state index in [1.807, 2.05) is 0 Å². The average Bonchev–Trinajstić information content (AvgIpc) is 2.48. The van der Waals surface area contributed by atoms with Gasteiger partial charge in [-0.15, -0.1) is 0 Å². The van der Waals surface area contributed by atoms with E-state index in [9.17, 15) is 9.18 Å². The lowest BCUT2D eigenvalue weighted by molar-refractivity contribution is -0.660. The first-order valence-corrected chi connectivity index (χ1v) is 7.57. The third kappa shape index (κ3) is 4.98. The van der Waals surface area contributed by atoms with Gasteiger partial charge in [-0.1, -0.05) is 47.5 Å². The molecule has 0 aliphatic heterocycles. The fraction of sp³-hybridized carbons (Fsp3) is 0.188. The highest BCUT2D eigenvalue weighted by Crippen LogP contribution is 2.20. The highest BCUT2D eigenvalue weighted by Gasteiger charge is 2.08. The first-order chi connectivity index (χ1) is 10.6. The summed E-state index contributed by atoms with van der Waals surface area (Å²) in [5.41, 5.74) is 1.38. The highest BCUT2D eigenvalue weighted by atomic mass is 35.5. The van der Waals surface area contributed by atoms with E-state index in [4.69, 9.17) is 23.2 Å². The summed E-state index contributed by atoms with van der Waals surface area (Å²) in [7, 11) is 0. The van der Waals surface area contributed by atoms with Crippen LogP contribution in [0.15, 0.2) is 42.5 Å². The predicted octanol–water partition coefficient (Wildman–Crippen LogP) is 2.51. The van der Waals surface area contributed by atoms with E-state index in [-0.39, 0.29) is 18.3 Å². The zero-order chi connectivity index (χ0) is 15.9. The summed E-state index contributed by atoms with van der Waals surface area (Å²) in [4.78, 5) is 11.8. The Morgan fingerprint density at radius 2 is 1.91 bits per heavy atom. The van der Waals surface area contributed by atoms with Gasteiger partial charge in [0.2, 0.25) is 0 Å². The highest BCUT2D eigenvalue weighted by molar-refractivity contribution is 6.35. The van der Waals surface area contributed by atoms with Crippen LogP contribution in [0.3, 0.4) is 0 Å². The molecule has 2 rings (SSSR count). The van der Waals surface area contributed by atoms with Crippen LogP contribution in [0, 0.1) is 5.82 Å². The van der Waals surface area contributed by atoms with E-state index >= 15 is 0 Å². The minimum absolute atomic E-state index is 0.137. The molecule has 0 aliphatic carbocycles. The first-order valence-electron chi connectivity index (χ1n) is 6.82. The van der Waals surface area contributed by atoms with E-state index in [1.54, 1.807) is 41.7 Å². The second-order valence-corrected chi connectivity index (χ2v) is 5.64. The molecule has 0 aromatic heterocycles. The van der Waals surface area contributed by atoms with Gasteiger partial charge in [0, 0.05) is 22.2 Å². The fourth-order valence-electron chi connectivity index (χ4n) is 1.95. The number of hydrogen-bond acceptors (Lipinski definition) is 1. The summed E-state index contributed by atoms with van der Waals surface area (Å²) in [6.07, 6.45) is 0.